The SMILES string of the molecule is CC(C)(N)C(C)(C)C(=O)Nc1cccc(NS(C)(=O)=O)c1. The molecule has 0 fully saturated rings. The number of rotatable bonds is 5. The lowest BCUT2D eigenvalue weighted by Gasteiger charge is -2.36. The van der Waals surface area contributed by atoms with Crippen LogP contribution in [0.1, 0.15) is 27.7 Å². The van der Waals surface area contributed by atoms with Gasteiger partial charge in [0, 0.05) is 11.2 Å². The van der Waals surface area contributed by atoms with E-state index in [9.17, 15) is 13.2 Å². The summed E-state index contributed by atoms with van der Waals surface area (Å²) < 4.78 is 24.8. The Hall–Kier alpha value is -1.60. The van der Waals surface area contributed by atoms with Crippen LogP contribution in [0, 0.1) is 5.41 Å². The van der Waals surface area contributed by atoms with Crippen LogP contribution in [0.4, 0.5) is 11.4 Å². The highest BCUT2D eigenvalue weighted by Crippen LogP contribution is 2.30. The average Bonchev–Trinajstić information content (AvgIpc) is 2.25. The van der Waals surface area contributed by atoms with Crippen LogP contribution in [0.2, 0.25) is 0 Å². The van der Waals surface area contributed by atoms with E-state index in [0.717, 1.165) is 6.26 Å². The fraction of sp³-hybridized carbons (Fsp3) is 0.500. The zero-order valence-electron chi connectivity index (χ0n) is 13.0. The molecule has 1 aromatic carbocycles. The number of hydrogen-bond acceptors (Lipinski definition) is 4. The number of sulfonamides is 1. The van der Waals surface area contributed by atoms with Crippen LogP contribution in [0.3, 0.4) is 0 Å². The Balaban J connectivity index is 2.95. The molecule has 1 aromatic rings. The molecule has 0 saturated carbocycles. The summed E-state index contributed by atoms with van der Waals surface area (Å²) in [6, 6.07) is 6.50. The second-order valence-corrected chi connectivity index (χ2v) is 8.00. The number of anilines is 2. The number of carbonyl (C=O) groups excluding carboxylic acids is 1. The van der Waals surface area contributed by atoms with E-state index in [0.29, 0.717) is 11.4 Å². The molecule has 4 N–H and O–H groups in total. The molecule has 1 amide bonds. The monoisotopic (exact) mass is 313 g/mol. The van der Waals surface area contributed by atoms with Gasteiger partial charge in [-0.15, -0.1) is 0 Å². The molecule has 0 radical (unpaired) electrons. The van der Waals surface area contributed by atoms with E-state index in [1.807, 2.05) is 0 Å². The molecule has 0 aliphatic heterocycles. The molecular weight excluding hydrogens is 290 g/mol. The average molecular weight is 313 g/mol. The summed E-state index contributed by atoms with van der Waals surface area (Å²) in [5.41, 5.74) is 5.44. The number of nitrogens with one attached hydrogen (secondary N) is 2. The van der Waals surface area contributed by atoms with Crippen LogP contribution in [0.5, 0.6) is 0 Å². The molecule has 0 unspecified atom stereocenters. The van der Waals surface area contributed by atoms with Gasteiger partial charge in [0.15, 0.2) is 0 Å². The van der Waals surface area contributed by atoms with Gasteiger partial charge in [-0.1, -0.05) is 6.07 Å². The molecule has 0 atom stereocenters. The van der Waals surface area contributed by atoms with Crippen LogP contribution in [-0.4, -0.2) is 26.1 Å². The lowest BCUT2D eigenvalue weighted by atomic mass is 9.74. The van der Waals surface area contributed by atoms with Gasteiger partial charge in [0.05, 0.1) is 17.4 Å². The molecule has 7 heteroatoms. The van der Waals surface area contributed by atoms with Crippen molar-refractivity contribution in [1.82, 2.24) is 0 Å². The number of hydrogen-bond donors (Lipinski definition) is 3. The number of nitrogens with two attached hydrogens (primary N) is 1. The fourth-order valence-electron chi connectivity index (χ4n) is 1.45. The molecule has 6 nitrogen and oxygen atoms in total. The Kier molecular flexibility index (Phi) is 4.70. The Labute approximate surface area is 126 Å². The molecule has 0 aliphatic carbocycles. The van der Waals surface area contributed by atoms with Crippen LogP contribution >= 0.6 is 0 Å². The minimum Gasteiger partial charge on any atom is -0.325 e. The third kappa shape index (κ3) is 4.71. The van der Waals surface area contributed by atoms with Gasteiger partial charge in [-0.3, -0.25) is 9.52 Å². The van der Waals surface area contributed by atoms with Crippen molar-refractivity contribution in [3.8, 4) is 0 Å². The summed E-state index contributed by atoms with van der Waals surface area (Å²) >= 11 is 0. The molecule has 0 spiro atoms. The van der Waals surface area contributed by atoms with E-state index in [2.05, 4.69) is 10.0 Å². The maximum Gasteiger partial charge on any atom is 0.231 e. The summed E-state index contributed by atoms with van der Waals surface area (Å²) in [6.07, 6.45) is 1.07. The smallest absolute Gasteiger partial charge is 0.231 e. The van der Waals surface area contributed by atoms with Crippen molar-refractivity contribution >= 4 is 27.3 Å². The van der Waals surface area contributed by atoms with Gasteiger partial charge in [-0.2, -0.15) is 0 Å². The highest BCUT2D eigenvalue weighted by Gasteiger charge is 2.40. The van der Waals surface area contributed by atoms with E-state index >= 15 is 0 Å². The van der Waals surface area contributed by atoms with E-state index in [-0.39, 0.29) is 5.91 Å². The summed E-state index contributed by atoms with van der Waals surface area (Å²) in [5.74, 6) is -0.230. The van der Waals surface area contributed by atoms with Crippen LogP contribution in [0.15, 0.2) is 24.3 Å². The maximum absolute atomic E-state index is 12.3. The van der Waals surface area contributed by atoms with Crippen molar-refractivity contribution < 1.29 is 13.2 Å². The molecule has 1 rings (SSSR count). The first kappa shape index (κ1) is 17.5. The van der Waals surface area contributed by atoms with Gasteiger partial charge in [-0.25, -0.2) is 8.42 Å². The molecule has 0 aliphatic rings. The number of amides is 1. The lowest BCUT2D eigenvalue weighted by Crippen LogP contribution is -2.53. The van der Waals surface area contributed by atoms with Crippen molar-refractivity contribution in [2.24, 2.45) is 11.1 Å². The second-order valence-electron chi connectivity index (χ2n) is 6.26. The second kappa shape index (κ2) is 5.65. The molecule has 118 valence electrons. The Morgan fingerprint density at radius 3 is 2.14 bits per heavy atom. The Morgan fingerprint density at radius 2 is 1.67 bits per heavy atom. The van der Waals surface area contributed by atoms with Crippen LogP contribution in [-0.2, 0) is 14.8 Å². The van der Waals surface area contributed by atoms with Gasteiger partial charge in [0.1, 0.15) is 0 Å². The van der Waals surface area contributed by atoms with Gasteiger partial charge < -0.3 is 11.1 Å². The summed E-state index contributed by atoms with van der Waals surface area (Å²) in [4.78, 5) is 12.3. The zero-order valence-corrected chi connectivity index (χ0v) is 13.8. The number of carbonyl (C=O) groups is 1. The summed E-state index contributed by atoms with van der Waals surface area (Å²) in [6.45, 7) is 7.10. The Bertz CT molecular complexity index is 631. The predicted octanol–water partition coefficient (Wildman–Crippen LogP) is 1.76. The molecule has 0 saturated heterocycles. The first-order valence-electron chi connectivity index (χ1n) is 6.51. The third-order valence-electron chi connectivity index (χ3n) is 3.60. The standard InChI is InChI=1S/C14H23N3O3S/c1-13(2,14(3,4)15)12(18)16-10-7-6-8-11(9-10)17-21(5,19)20/h6-9,17H,15H2,1-5H3,(H,16,18). The zero-order chi connectivity index (χ0) is 16.5. The van der Waals surface area contributed by atoms with Crippen molar-refractivity contribution in [2.75, 3.05) is 16.3 Å². The van der Waals surface area contributed by atoms with Gasteiger partial charge in [0.25, 0.3) is 0 Å². The predicted molar refractivity (Wildman–Crippen MR) is 85.6 cm³/mol. The van der Waals surface area contributed by atoms with Gasteiger partial charge in [0.2, 0.25) is 15.9 Å². The van der Waals surface area contributed by atoms with Gasteiger partial charge >= 0.3 is 0 Å². The number of benzene rings is 1. The Morgan fingerprint density at radius 1 is 1.14 bits per heavy atom. The quantitative estimate of drug-likeness (QED) is 0.771. The van der Waals surface area contributed by atoms with Crippen molar-refractivity contribution in [2.45, 2.75) is 33.2 Å². The lowest BCUT2D eigenvalue weighted by molar-refractivity contribution is -0.126. The maximum atomic E-state index is 12.3. The fourth-order valence-corrected chi connectivity index (χ4v) is 2.01. The van der Waals surface area contributed by atoms with Crippen LogP contribution < -0.4 is 15.8 Å². The molecule has 0 aromatic heterocycles. The van der Waals surface area contributed by atoms with E-state index in [4.69, 9.17) is 5.73 Å². The minimum atomic E-state index is -3.36. The first-order chi connectivity index (χ1) is 9.33. The first-order valence-corrected chi connectivity index (χ1v) is 8.40. The van der Waals surface area contributed by atoms with Crippen molar-refractivity contribution in [3.05, 3.63) is 24.3 Å². The topological polar surface area (TPSA) is 101 Å². The van der Waals surface area contributed by atoms with E-state index in [1.54, 1.807) is 52.0 Å². The largest absolute Gasteiger partial charge is 0.325 e. The highest BCUT2D eigenvalue weighted by molar-refractivity contribution is 7.92. The van der Waals surface area contributed by atoms with Crippen molar-refractivity contribution in [1.29, 1.82) is 0 Å². The van der Waals surface area contributed by atoms with E-state index < -0.39 is 21.0 Å². The third-order valence-corrected chi connectivity index (χ3v) is 4.21. The van der Waals surface area contributed by atoms with Crippen LogP contribution in [0.25, 0.3) is 0 Å². The normalized spacial score (nSPS) is 12.9. The highest BCUT2D eigenvalue weighted by atomic mass is 32.2. The molecule has 21 heavy (non-hydrogen) atoms. The van der Waals surface area contributed by atoms with Crippen molar-refractivity contribution in [3.63, 3.8) is 0 Å². The molecule has 0 heterocycles. The summed E-state index contributed by atoms with van der Waals surface area (Å²) in [7, 11) is -3.36. The molecule has 0 bridgehead atoms. The van der Waals surface area contributed by atoms with E-state index in [1.165, 1.54) is 0 Å². The molecular formula is C14H23N3O3S. The minimum absolute atomic E-state index is 0.230. The van der Waals surface area contributed by atoms with Gasteiger partial charge in [-0.05, 0) is 45.9 Å². The summed E-state index contributed by atoms with van der Waals surface area (Å²) in [5, 5.41) is 2.76.